The minimum atomic E-state index is -1.80. The number of hydrogen-bond donors (Lipinski definition) is 15. The van der Waals surface area contributed by atoms with Crippen LogP contribution in [0.1, 0.15) is 132 Å². The molecule has 1 aliphatic heterocycles. The summed E-state index contributed by atoms with van der Waals surface area (Å²) in [6.07, 6.45) is -0.148. The highest BCUT2D eigenvalue weighted by molar-refractivity contribution is 8.00. The molecule has 32 heteroatoms. The van der Waals surface area contributed by atoms with E-state index in [-0.39, 0.29) is 68.4 Å². The number of aliphatic hydroxyl groups excluding tert-OH is 1. The van der Waals surface area contributed by atoms with Crippen LogP contribution in [-0.4, -0.2) is 208 Å². The number of carbonyl (C=O) groups excluding carboxylic acids is 12. The number of carboxylic acids is 1. The van der Waals surface area contributed by atoms with Gasteiger partial charge in [-0.25, -0.2) is 4.79 Å². The van der Waals surface area contributed by atoms with Gasteiger partial charge in [-0.3, -0.25) is 62.5 Å². The number of guanidine groups is 1. The van der Waals surface area contributed by atoms with Gasteiger partial charge in [-0.05, 0) is 91.7 Å². The molecule has 0 bridgehead atoms. The first kappa shape index (κ1) is 79.0. The van der Waals surface area contributed by atoms with E-state index in [0.717, 1.165) is 18.7 Å². The van der Waals surface area contributed by atoms with Crippen LogP contribution < -0.4 is 70.4 Å². The van der Waals surface area contributed by atoms with Crippen molar-refractivity contribution in [3.05, 3.63) is 35.9 Å². The van der Waals surface area contributed by atoms with Crippen molar-refractivity contribution in [1.82, 2.24) is 58.1 Å². The molecule has 0 spiro atoms. The Balaban J connectivity index is 2.41. The van der Waals surface area contributed by atoms with Crippen LogP contribution in [0.4, 0.5) is 0 Å². The first-order valence-corrected chi connectivity index (χ1v) is 31.7. The molecule has 11 amide bonds. The minimum Gasteiger partial charge on any atom is -0.480 e. The van der Waals surface area contributed by atoms with Crippen molar-refractivity contribution in [2.75, 3.05) is 38.2 Å². The number of esters is 1. The lowest BCUT2D eigenvalue weighted by atomic mass is 9.98. The summed E-state index contributed by atoms with van der Waals surface area (Å²) in [7, 11) is 1.63. The summed E-state index contributed by atoms with van der Waals surface area (Å²) < 4.78 is 5.38. The average molecular weight is 1300 g/mol. The van der Waals surface area contributed by atoms with Gasteiger partial charge in [0, 0.05) is 25.3 Å². The molecule has 0 saturated carbocycles. The molecule has 1 fully saturated rings. The molecule has 0 aromatic heterocycles. The highest BCUT2D eigenvalue weighted by Crippen LogP contribution is 2.20. The number of thioether (sulfide) groups is 1. The second-order valence-electron chi connectivity index (χ2n) is 23.2. The number of aliphatic carboxylic acids is 1. The third-order valence-corrected chi connectivity index (χ3v) is 15.5. The fourth-order valence-electron chi connectivity index (χ4n) is 9.24. The maximum absolute atomic E-state index is 14.4. The molecule has 0 aliphatic carbocycles. The summed E-state index contributed by atoms with van der Waals surface area (Å²) in [5.41, 5.74) is 16.0. The first-order chi connectivity index (χ1) is 42.8. The van der Waals surface area contributed by atoms with Gasteiger partial charge in [0.2, 0.25) is 65.0 Å². The zero-order chi connectivity index (χ0) is 68.7. The summed E-state index contributed by atoms with van der Waals surface area (Å²) in [6.45, 7) is 14.1. The molecular formula is C59H97N15O16S. The molecule has 510 valence electrons. The van der Waals surface area contributed by atoms with Gasteiger partial charge in [0.15, 0.2) is 5.96 Å². The Morgan fingerprint density at radius 1 is 0.692 bits per heavy atom. The lowest BCUT2D eigenvalue weighted by molar-refractivity contribution is -0.151. The number of amides is 11. The number of nitrogens with two attached hydrogens (primary N) is 3. The lowest BCUT2D eigenvalue weighted by Crippen LogP contribution is -2.62. The number of nitrogens with zero attached hydrogens (tertiary/aromatic N) is 2. The molecule has 31 nitrogen and oxygen atoms in total. The van der Waals surface area contributed by atoms with Crippen molar-refractivity contribution in [2.24, 2.45) is 28.1 Å². The molecular weight excluding hydrogens is 1210 g/mol. The predicted octanol–water partition coefficient (Wildman–Crippen LogP) is -3.06. The van der Waals surface area contributed by atoms with Crippen molar-refractivity contribution >= 4 is 94.6 Å². The minimum absolute atomic E-state index is 0.000873. The molecule has 1 aromatic carbocycles. The molecule has 0 radical (unpaired) electrons. The first-order valence-electron chi connectivity index (χ1n) is 30.5. The van der Waals surface area contributed by atoms with Crippen LogP contribution in [0.5, 0.6) is 0 Å². The lowest BCUT2D eigenvalue weighted by Gasteiger charge is -2.29. The van der Waals surface area contributed by atoms with Crippen molar-refractivity contribution in [2.45, 2.75) is 205 Å². The van der Waals surface area contributed by atoms with E-state index >= 15 is 0 Å². The Hall–Kier alpha value is -8.13. The Kier molecular flexibility index (Phi) is 34.6. The van der Waals surface area contributed by atoms with Crippen LogP contribution in [0.25, 0.3) is 0 Å². The van der Waals surface area contributed by atoms with Crippen LogP contribution in [0.2, 0.25) is 0 Å². The Bertz CT molecular complexity index is 2680. The summed E-state index contributed by atoms with van der Waals surface area (Å²) in [6, 6.07) is -4.41. The molecule has 2 rings (SSSR count). The Morgan fingerprint density at radius 3 is 1.81 bits per heavy atom. The number of likely N-dealkylation sites (N-methyl/N-ethyl adjacent to an activating group) is 1. The number of unbranched alkanes of at least 4 members (excludes halogenated alkanes) is 1. The number of primary amides is 1. The van der Waals surface area contributed by atoms with Gasteiger partial charge >= 0.3 is 11.9 Å². The SMILES string of the molecule is CCCCC(NC(=O)C(CCCN=C(N)N)NC(=O)C(Cc1ccccc1)NC(=O)C1CCCN1C(=O)C(C)NC)C(=O)NCC(=O)NC(C(=O)NC(CSCC(=O)OC(C)(C)C)C(=O)NC(C(=O)NC(CC)C(=O)NC(CC(N)=O)C(=O)O)C(C)O)C(C)CC. The number of rotatable bonds is 40. The molecule has 1 aliphatic rings. The number of hydrogen-bond acceptors (Lipinski definition) is 18. The number of aliphatic imine (C=N–C) groups is 1. The third kappa shape index (κ3) is 28.7. The predicted molar refractivity (Wildman–Crippen MR) is 337 cm³/mol. The van der Waals surface area contributed by atoms with E-state index in [1.165, 1.54) is 11.8 Å². The smallest absolute Gasteiger partial charge is 0.326 e. The molecule has 12 unspecified atom stereocenters. The summed E-state index contributed by atoms with van der Waals surface area (Å²) >= 11 is 0.863. The van der Waals surface area contributed by atoms with Crippen LogP contribution in [0.3, 0.4) is 0 Å². The largest absolute Gasteiger partial charge is 0.480 e. The number of benzene rings is 1. The second-order valence-corrected chi connectivity index (χ2v) is 24.3. The van der Waals surface area contributed by atoms with E-state index in [4.69, 9.17) is 21.9 Å². The van der Waals surface area contributed by atoms with E-state index in [0.29, 0.717) is 37.8 Å². The summed E-state index contributed by atoms with van der Waals surface area (Å²) in [4.78, 5) is 180. The number of ether oxygens (including phenoxy) is 1. The Labute approximate surface area is 535 Å². The maximum atomic E-state index is 14.4. The molecule has 1 aromatic rings. The molecule has 1 saturated heterocycles. The third-order valence-electron chi connectivity index (χ3n) is 14.5. The molecule has 91 heavy (non-hydrogen) atoms. The van der Waals surface area contributed by atoms with Crippen LogP contribution >= 0.6 is 11.8 Å². The van der Waals surface area contributed by atoms with Crippen molar-refractivity contribution in [1.29, 1.82) is 0 Å². The van der Waals surface area contributed by atoms with Crippen LogP contribution in [0.15, 0.2) is 35.3 Å². The molecule has 1 heterocycles. The topological polar surface area (TPSA) is 486 Å². The summed E-state index contributed by atoms with van der Waals surface area (Å²) in [5.74, 6) is -13.0. The standard InChI is InChI=1S/C59H97N15O16S/c1-11-14-22-37(67-50(81)38(23-18-25-64-58(61)62)68-51(82)39(27-35-20-16-15-17-21-35)69-53(84)42-24-19-26-74(42)56(87)33(5)63-10)48(79)65-29-44(77)72-46(32(4)12-2)54(85)71-41(30-91-31-45(78)90-59(7,8)9)52(83)73-47(34(6)75)55(86)66-36(13-3)49(80)70-40(57(88)89)28-43(60)76/h15-17,20-21,32-34,36-42,46-47,63,75H,11-14,18-19,22-31H2,1-10H3,(H2,60,76)(H,65,79)(H,66,86)(H,67,81)(H,68,82)(H,69,84)(H,70,80)(H,71,85)(H,72,77)(H,73,83)(H,88,89)(H4,61,62,64). The van der Waals surface area contributed by atoms with E-state index in [9.17, 15) is 72.5 Å². The second kappa shape index (κ2) is 39.9. The maximum Gasteiger partial charge on any atom is 0.326 e. The highest BCUT2D eigenvalue weighted by atomic mass is 32.2. The monoisotopic (exact) mass is 1300 g/mol. The van der Waals surface area contributed by atoms with Gasteiger partial charge in [0.25, 0.3) is 0 Å². The van der Waals surface area contributed by atoms with Crippen LogP contribution in [0, 0.1) is 5.92 Å². The van der Waals surface area contributed by atoms with E-state index in [1.807, 2.05) is 6.92 Å². The van der Waals surface area contributed by atoms with Gasteiger partial charge < -0.3 is 90.2 Å². The van der Waals surface area contributed by atoms with Gasteiger partial charge in [0.05, 0.1) is 30.9 Å². The van der Waals surface area contributed by atoms with E-state index < -0.39 is 162 Å². The number of carbonyl (C=O) groups is 13. The van der Waals surface area contributed by atoms with E-state index in [2.05, 4.69) is 58.2 Å². The van der Waals surface area contributed by atoms with Crippen molar-refractivity contribution < 1.29 is 77.3 Å². The Morgan fingerprint density at radius 2 is 1.25 bits per heavy atom. The number of aliphatic hydroxyl groups is 1. The van der Waals surface area contributed by atoms with Gasteiger partial charge in [-0.2, -0.15) is 0 Å². The van der Waals surface area contributed by atoms with Crippen molar-refractivity contribution in [3.8, 4) is 0 Å². The number of carboxylic acid groups (broad SMARTS) is 1. The number of nitrogens with one attached hydrogen (secondary N) is 10. The molecule has 18 N–H and O–H groups in total. The van der Waals surface area contributed by atoms with Crippen LogP contribution in [-0.2, 0) is 73.5 Å². The van der Waals surface area contributed by atoms with Gasteiger partial charge in [-0.15, -0.1) is 11.8 Å². The zero-order valence-corrected chi connectivity index (χ0v) is 54.6. The van der Waals surface area contributed by atoms with Gasteiger partial charge in [0.1, 0.15) is 60.0 Å². The number of likely N-dealkylation sites (tertiary alicyclic amines) is 1. The fraction of sp³-hybridized carbons (Fsp3) is 0.661. The summed E-state index contributed by atoms with van der Waals surface area (Å²) in [5, 5.41) is 45.9. The zero-order valence-electron chi connectivity index (χ0n) is 53.8. The van der Waals surface area contributed by atoms with Crippen molar-refractivity contribution in [3.63, 3.8) is 0 Å². The van der Waals surface area contributed by atoms with E-state index in [1.54, 1.807) is 78.9 Å². The average Bonchev–Trinajstić information content (AvgIpc) is 2.25. The highest BCUT2D eigenvalue weighted by Gasteiger charge is 2.39. The quantitative estimate of drug-likeness (QED) is 0.0134. The molecule has 12 atom stereocenters. The normalized spacial score (nSPS) is 16.5. The van der Waals surface area contributed by atoms with Gasteiger partial charge in [-0.1, -0.05) is 77.3 Å². The fourth-order valence-corrected chi connectivity index (χ4v) is 10.0.